The summed E-state index contributed by atoms with van der Waals surface area (Å²) in [5.41, 5.74) is 1.48. The van der Waals surface area contributed by atoms with Crippen molar-refractivity contribution in [1.82, 2.24) is 9.97 Å². The maximum Gasteiger partial charge on any atom is 0.239 e. The van der Waals surface area contributed by atoms with E-state index in [9.17, 15) is 5.11 Å². The number of rotatable bonds is 7. The molecule has 0 fully saturated rings. The zero-order valence-corrected chi connectivity index (χ0v) is 12.0. The van der Waals surface area contributed by atoms with Gasteiger partial charge in [0.15, 0.2) is 0 Å². The molecule has 1 heterocycles. The Morgan fingerprint density at radius 1 is 1.61 bits per heavy atom. The maximum atomic E-state index is 10.1. The van der Waals surface area contributed by atoms with E-state index in [0.717, 1.165) is 0 Å². The largest absolute Gasteiger partial charge is 0.388 e. The van der Waals surface area contributed by atoms with Crippen LogP contribution in [0.25, 0.3) is 0 Å². The fourth-order valence-electron chi connectivity index (χ4n) is 1.25. The molecule has 0 aliphatic carbocycles. The van der Waals surface area contributed by atoms with E-state index in [1.807, 2.05) is 0 Å². The lowest BCUT2D eigenvalue weighted by Gasteiger charge is -2.23. The van der Waals surface area contributed by atoms with Crippen LogP contribution in [0, 0.1) is 0 Å². The number of nitrogens with one attached hydrogen (secondary N) is 2. The number of nitrogen functional groups attached to an aromatic ring is 1. The summed E-state index contributed by atoms with van der Waals surface area (Å²) in [6, 6.07) is 0. The Hall–Kier alpha value is -0.960. The molecular formula is C10H18BrN5O2. The van der Waals surface area contributed by atoms with Crippen LogP contribution < -0.4 is 16.6 Å². The van der Waals surface area contributed by atoms with Crippen LogP contribution in [0.5, 0.6) is 0 Å². The topological polar surface area (TPSA) is 105 Å². The summed E-state index contributed by atoms with van der Waals surface area (Å²) in [6.07, 6.45) is 2.11. The molecule has 0 aliphatic heterocycles. The monoisotopic (exact) mass is 319 g/mol. The molecule has 18 heavy (non-hydrogen) atoms. The summed E-state index contributed by atoms with van der Waals surface area (Å²) in [7, 11) is 1.60. The number of aliphatic hydroxyl groups is 1. The number of nitrogens with zero attached hydrogens (tertiary/aromatic N) is 2. The van der Waals surface area contributed by atoms with Gasteiger partial charge in [0, 0.05) is 32.9 Å². The summed E-state index contributed by atoms with van der Waals surface area (Å²) in [4.78, 5) is 8.06. The summed E-state index contributed by atoms with van der Waals surface area (Å²) in [5.74, 6) is 6.10. The second-order valence-electron chi connectivity index (χ2n) is 4.13. The number of aromatic nitrogens is 2. The lowest BCUT2D eigenvalue weighted by Crippen LogP contribution is -2.35. The minimum atomic E-state index is -0.878. The van der Waals surface area contributed by atoms with Crippen molar-refractivity contribution in [3.63, 3.8) is 0 Å². The van der Waals surface area contributed by atoms with Gasteiger partial charge >= 0.3 is 0 Å². The van der Waals surface area contributed by atoms with Crippen LogP contribution >= 0.6 is 15.9 Å². The molecule has 1 rings (SSSR count). The van der Waals surface area contributed by atoms with Gasteiger partial charge in [-0.25, -0.2) is 10.8 Å². The van der Waals surface area contributed by atoms with Crippen molar-refractivity contribution in [3.8, 4) is 0 Å². The van der Waals surface area contributed by atoms with E-state index in [2.05, 4.69) is 36.6 Å². The van der Waals surface area contributed by atoms with Crippen molar-refractivity contribution >= 4 is 27.7 Å². The molecule has 0 spiro atoms. The molecule has 0 saturated heterocycles. The van der Waals surface area contributed by atoms with Gasteiger partial charge in [-0.1, -0.05) is 0 Å². The highest BCUT2D eigenvalue weighted by Crippen LogP contribution is 2.21. The lowest BCUT2D eigenvalue weighted by atomic mass is 10.0. The van der Waals surface area contributed by atoms with Crippen LogP contribution in [0.2, 0.25) is 0 Å². The third-order valence-electron chi connectivity index (χ3n) is 2.35. The lowest BCUT2D eigenvalue weighted by molar-refractivity contribution is 0.0357. The van der Waals surface area contributed by atoms with E-state index >= 15 is 0 Å². The van der Waals surface area contributed by atoms with Crippen molar-refractivity contribution < 1.29 is 9.84 Å². The number of halogens is 1. The van der Waals surface area contributed by atoms with Crippen molar-refractivity contribution in [2.24, 2.45) is 5.84 Å². The second kappa shape index (κ2) is 6.83. The fourth-order valence-corrected chi connectivity index (χ4v) is 1.58. The number of nitrogens with two attached hydrogens (primary N) is 1. The highest BCUT2D eigenvalue weighted by Gasteiger charge is 2.20. The summed E-state index contributed by atoms with van der Waals surface area (Å²) >= 11 is 3.32. The van der Waals surface area contributed by atoms with Gasteiger partial charge in [-0.3, -0.25) is 5.43 Å². The number of anilines is 2. The smallest absolute Gasteiger partial charge is 0.239 e. The maximum absolute atomic E-state index is 10.1. The van der Waals surface area contributed by atoms with E-state index in [1.165, 1.54) is 0 Å². The van der Waals surface area contributed by atoms with E-state index in [0.29, 0.717) is 35.8 Å². The third-order valence-corrected chi connectivity index (χ3v) is 2.93. The third kappa shape index (κ3) is 4.73. The van der Waals surface area contributed by atoms with E-state index in [4.69, 9.17) is 10.6 Å². The van der Waals surface area contributed by atoms with Gasteiger partial charge in [-0.15, -0.1) is 0 Å². The van der Waals surface area contributed by atoms with Crippen molar-refractivity contribution in [2.75, 3.05) is 31.0 Å². The van der Waals surface area contributed by atoms with Crippen LogP contribution in [-0.2, 0) is 4.74 Å². The standard InChI is InChI=1S/C10H18BrN5O2/c1-10(17,3-4-18-2)6-14-8-7(11)5-13-9(15-8)16-12/h5,17H,3-4,6,12H2,1-2H3,(H2,13,14,15,16). The quantitative estimate of drug-likeness (QED) is 0.433. The predicted octanol–water partition coefficient (Wildman–Crippen LogP) is 0.724. The molecule has 1 aromatic rings. The number of ether oxygens (including phenoxy) is 1. The Labute approximate surface area is 114 Å². The SMILES string of the molecule is COCCC(C)(O)CNc1nc(NN)ncc1Br. The van der Waals surface area contributed by atoms with E-state index in [-0.39, 0.29) is 0 Å². The van der Waals surface area contributed by atoms with Gasteiger partial charge in [0.2, 0.25) is 5.95 Å². The average molecular weight is 320 g/mol. The van der Waals surface area contributed by atoms with E-state index in [1.54, 1.807) is 20.2 Å². The molecule has 0 saturated carbocycles. The second-order valence-corrected chi connectivity index (χ2v) is 4.98. The Kier molecular flexibility index (Phi) is 5.73. The molecule has 0 radical (unpaired) electrons. The number of methoxy groups -OCH3 is 1. The van der Waals surface area contributed by atoms with E-state index < -0.39 is 5.60 Å². The summed E-state index contributed by atoms with van der Waals surface area (Å²) in [5, 5.41) is 13.1. The van der Waals surface area contributed by atoms with Gasteiger partial charge in [-0.2, -0.15) is 4.98 Å². The molecule has 8 heteroatoms. The number of hydrogen-bond acceptors (Lipinski definition) is 7. The summed E-state index contributed by atoms with van der Waals surface area (Å²) in [6.45, 7) is 2.57. The van der Waals surface area contributed by atoms with Crippen molar-refractivity contribution in [1.29, 1.82) is 0 Å². The average Bonchev–Trinajstić information content (AvgIpc) is 2.35. The minimum Gasteiger partial charge on any atom is -0.388 e. The number of hydrogen-bond donors (Lipinski definition) is 4. The first kappa shape index (κ1) is 15.1. The summed E-state index contributed by atoms with van der Waals surface area (Å²) < 4.78 is 5.64. The zero-order chi connectivity index (χ0) is 13.6. The van der Waals surface area contributed by atoms with Crippen LogP contribution in [0.1, 0.15) is 13.3 Å². The Morgan fingerprint density at radius 3 is 2.94 bits per heavy atom. The van der Waals surface area contributed by atoms with Crippen LogP contribution in [0.15, 0.2) is 10.7 Å². The molecule has 102 valence electrons. The van der Waals surface area contributed by atoms with Crippen LogP contribution in [0.3, 0.4) is 0 Å². The molecule has 7 nitrogen and oxygen atoms in total. The number of hydrazine groups is 1. The molecule has 1 aromatic heterocycles. The molecular weight excluding hydrogens is 302 g/mol. The molecule has 0 aliphatic rings. The van der Waals surface area contributed by atoms with Crippen molar-refractivity contribution in [3.05, 3.63) is 10.7 Å². The minimum absolute atomic E-state index is 0.303. The van der Waals surface area contributed by atoms with Gasteiger partial charge in [0.1, 0.15) is 5.82 Å². The molecule has 5 N–H and O–H groups in total. The van der Waals surface area contributed by atoms with Gasteiger partial charge in [0.05, 0.1) is 10.1 Å². The Balaban J connectivity index is 2.62. The zero-order valence-electron chi connectivity index (χ0n) is 10.4. The van der Waals surface area contributed by atoms with Gasteiger partial charge < -0.3 is 15.2 Å². The fraction of sp³-hybridized carbons (Fsp3) is 0.600. The first-order valence-electron chi connectivity index (χ1n) is 5.43. The molecule has 1 atom stereocenters. The highest BCUT2D eigenvalue weighted by molar-refractivity contribution is 9.10. The highest BCUT2D eigenvalue weighted by atomic mass is 79.9. The predicted molar refractivity (Wildman–Crippen MR) is 73.1 cm³/mol. The Bertz CT molecular complexity index is 389. The molecule has 0 amide bonds. The normalized spacial score (nSPS) is 14.1. The van der Waals surface area contributed by atoms with Gasteiger partial charge in [0.25, 0.3) is 0 Å². The molecule has 1 unspecified atom stereocenters. The molecule has 0 aromatic carbocycles. The molecule has 0 bridgehead atoms. The van der Waals surface area contributed by atoms with Crippen LogP contribution in [0.4, 0.5) is 11.8 Å². The Morgan fingerprint density at radius 2 is 2.33 bits per heavy atom. The van der Waals surface area contributed by atoms with Gasteiger partial charge in [-0.05, 0) is 22.9 Å². The van der Waals surface area contributed by atoms with Crippen LogP contribution in [-0.4, -0.2) is 40.9 Å². The first-order chi connectivity index (χ1) is 8.48. The van der Waals surface area contributed by atoms with Crippen molar-refractivity contribution in [2.45, 2.75) is 18.9 Å². The first-order valence-corrected chi connectivity index (χ1v) is 6.22.